The molecule has 0 spiro atoms. The Bertz CT molecular complexity index is 706. The number of piperidine rings is 1. The van der Waals surface area contributed by atoms with Crippen molar-refractivity contribution in [1.82, 2.24) is 14.8 Å². The molecule has 3 aliphatic heterocycles. The zero-order valence-electron chi connectivity index (χ0n) is 15.7. The predicted octanol–water partition coefficient (Wildman–Crippen LogP) is 3.58. The average molecular weight is 351 g/mol. The SMILES string of the molecule is CCOc1ccccc1CN1C[C@H]2CC[C@@H]1CN(Cc1ccncc1)C2. The van der Waals surface area contributed by atoms with E-state index in [0.29, 0.717) is 6.04 Å². The second kappa shape index (κ2) is 8.19. The average Bonchev–Trinajstić information content (AvgIpc) is 2.95. The first kappa shape index (κ1) is 17.5. The van der Waals surface area contributed by atoms with Crippen LogP contribution in [0.4, 0.5) is 0 Å². The molecule has 2 bridgehead atoms. The second-order valence-electron chi connectivity index (χ2n) is 7.62. The molecule has 3 fully saturated rings. The molecule has 4 heterocycles. The molecule has 0 unspecified atom stereocenters. The minimum absolute atomic E-state index is 0.644. The number of benzene rings is 1. The Balaban J connectivity index is 1.45. The Labute approximate surface area is 156 Å². The first-order chi connectivity index (χ1) is 12.8. The topological polar surface area (TPSA) is 28.6 Å². The van der Waals surface area contributed by atoms with Crippen LogP contribution in [0.1, 0.15) is 30.9 Å². The Kier molecular flexibility index (Phi) is 5.51. The molecule has 0 amide bonds. The van der Waals surface area contributed by atoms with Crippen LogP contribution in [0.15, 0.2) is 48.8 Å². The van der Waals surface area contributed by atoms with Crippen LogP contribution >= 0.6 is 0 Å². The van der Waals surface area contributed by atoms with Crippen molar-refractivity contribution < 1.29 is 4.74 Å². The molecule has 1 aromatic heterocycles. The Morgan fingerprint density at radius 1 is 1.00 bits per heavy atom. The quantitative estimate of drug-likeness (QED) is 0.795. The molecule has 26 heavy (non-hydrogen) atoms. The second-order valence-corrected chi connectivity index (χ2v) is 7.62. The maximum Gasteiger partial charge on any atom is 0.123 e. The van der Waals surface area contributed by atoms with Gasteiger partial charge in [0.15, 0.2) is 0 Å². The van der Waals surface area contributed by atoms with Gasteiger partial charge in [-0.25, -0.2) is 0 Å². The summed E-state index contributed by atoms with van der Waals surface area (Å²) < 4.78 is 5.85. The van der Waals surface area contributed by atoms with Gasteiger partial charge in [0.2, 0.25) is 0 Å². The molecule has 5 rings (SSSR count). The largest absolute Gasteiger partial charge is 0.494 e. The van der Waals surface area contributed by atoms with E-state index in [2.05, 4.69) is 58.1 Å². The van der Waals surface area contributed by atoms with E-state index in [1.165, 1.54) is 37.1 Å². The molecule has 138 valence electrons. The van der Waals surface area contributed by atoms with Gasteiger partial charge in [0, 0.05) is 56.7 Å². The Morgan fingerprint density at radius 2 is 1.85 bits per heavy atom. The number of rotatable bonds is 6. The molecule has 0 N–H and O–H groups in total. The van der Waals surface area contributed by atoms with Gasteiger partial charge in [-0.1, -0.05) is 18.2 Å². The van der Waals surface area contributed by atoms with Crippen molar-refractivity contribution in [3.8, 4) is 5.75 Å². The van der Waals surface area contributed by atoms with E-state index in [9.17, 15) is 0 Å². The van der Waals surface area contributed by atoms with Gasteiger partial charge in [0.25, 0.3) is 0 Å². The Hall–Kier alpha value is -1.91. The molecule has 3 saturated heterocycles. The first-order valence-electron chi connectivity index (χ1n) is 9.88. The van der Waals surface area contributed by atoms with E-state index in [1.807, 2.05) is 12.4 Å². The lowest BCUT2D eigenvalue weighted by molar-refractivity contribution is 0.121. The summed E-state index contributed by atoms with van der Waals surface area (Å²) >= 11 is 0. The molecular weight excluding hydrogens is 322 g/mol. The third kappa shape index (κ3) is 4.08. The van der Waals surface area contributed by atoms with Crippen molar-refractivity contribution in [3.63, 3.8) is 0 Å². The zero-order chi connectivity index (χ0) is 17.8. The summed E-state index contributed by atoms with van der Waals surface area (Å²) in [4.78, 5) is 9.48. The van der Waals surface area contributed by atoms with E-state index in [-0.39, 0.29) is 0 Å². The van der Waals surface area contributed by atoms with Gasteiger partial charge < -0.3 is 4.74 Å². The lowest BCUT2D eigenvalue weighted by Gasteiger charge is -2.36. The smallest absolute Gasteiger partial charge is 0.123 e. The zero-order valence-corrected chi connectivity index (χ0v) is 15.7. The molecular formula is C22H29N3O. The van der Waals surface area contributed by atoms with Crippen molar-refractivity contribution in [1.29, 1.82) is 0 Å². The number of nitrogens with zero attached hydrogens (tertiary/aromatic N) is 3. The van der Waals surface area contributed by atoms with Crippen LogP contribution in [0.25, 0.3) is 0 Å². The molecule has 1 aromatic carbocycles. The summed E-state index contributed by atoms with van der Waals surface area (Å²) in [5.74, 6) is 1.82. The van der Waals surface area contributed by atoms with Gasteiger partial charge in [-0.05, 0) is 49.4 Å². The molecule has 0 radical (unpaired) electrons. The lowest BCUT2D eigenvalue weighted by Crippen LogP contribution is -2.43. The fourth-order valence-corrected chi connectivity index (χ4v) is 4.49. The minimum atomic E-state index is 0.644. The molecule has 3 aliphatic rings. The summed E-state index contributed by atoms with van der Waals surface area (Å²) in [7, 11) is 0. The maximum absolute atomic E-state index is 5.85. The Morgan fingerprint density at radius 3 is 2.69 bits per heavy atom. The number of hydrogen-bond donors (Lipinski definition) is 0. The van der Waals surface area contributed by atoms with Crippen LogP contribution in [-0.2, 0) is 13.1 Å². The highest BCUT2D eigenvalue weighted by Crippen LogP contribution is 2.31. The monoisotopic (exact) mass is 351 g/mol. The van der Waals surface area contributed by atoms with Crippen molar-refractivity contribution >= 4 is 0 Å². The molecule has 4 nitrogen and oxygen atoms in total. The van der Waals surface area contributed by atoms with Crippen LogP contribution in [0.2, 0.25) is 0 Å². The van der Waals surface area contributed by atoms with Gasteiger partial charge in [0.05, 0.1) is 6.61 Å². The maximum atomic E-state index is 5.85. The van der Waals surface area contributed by atoms with Crippen LogP contribution in [-0.4, -0.2) is 47.1 Å². The van der Waals surface area contributed by atoms with E-state index in [4.69, 9.17) is 4.74 Å². The summed E-state index contributed by atoms with van der Waals surface area (Å²) in [5.41, 5.74) is 2.69. The summed E-state index contributed by atoms with van der Waals surface area (Å²) in [5, 5.41) is 0. The molecule has 4 heteroatoms. The number of fused-ring (bicyclic) bond motifs is 4. The van der Waals surface area contributed by atoms with E-state index >= 15 is 0 Å². The van der Waals surface area contributed by atoms with Crippen LogP contribution in [0, 0.1) is 5.92 Å². The van der Waals surface area contributed by atoms with Crippen LogP contribution in [0.5, 0.6) is 5.75 Å². The van der Waals surface area contributed by atoms with E-state index in [0.717, 1.165) is 37.9 Å². The van der Waals surface area contributed by atoms with Crippen molar-refractivity contribution in [2.24, 2.45) is 5.92 Å². The molecule has 2 atom stereocenters. The third-order valence-corrected chi connectivity index (χ3v) is 5.70. The number of ether oxygens (including phenoxy) is 1. The fraction of sp³-hybridized carbons (Fsp3) is 0.500. The van der Waals surface area contributed by atoms with Crippen molar-refractivity contribution in [3.05, 3.63) is 59.9 Å². The van der Waals surface area contributed by atoms with E-state index in [1.54, 1.807) is 0 Å². The normalized spacial score (nSPS) is 23.7. The molecule has 2 aromatic rings. The molecule has 0 saturated carbocycles. The number of para-hydroxylation sites is 1. The van der Waals surface area contributed by atoms with Crippen molar-refractivity contribution in [2.45, 2.75) is 38.9 Å². The van der Waals surface area contributed by atoms with Crippen molar-refractivity contribution in [2.75, 3.05) is 26.2 Å². The summed E-state index contributed by atoms with van der Waals surface area (Å²) in [6.45, 7) is 8.40. The standard InChI is InChI=1S/C22H29N3O/c1-2-26-22-6-4-3-5-20(22)16-25-15-19-7-8-21(25)17-24(14-19)13-18-9-11-23-12-10-18/h3-6,9-12,19,21H,2,7-8,13-17H2,1H3/t19-,21+/m0/s1. The van der Waals surface area contributed by atoms with Crippen LogP contribution < -0.4 is 4.74 Å². The highest BCUT2D eigenvalue weighted by molar-refractivity contribution is 5.33. The highest BCUT2D eigenvalue weighted by atomic mass is 16.5. The number of hydrogen-bond acceptors (Lipinski definition) is 4. The number of pyridine rings is 1. The fourth-order valence-electron chi connectivity index (χ4n) is 4.49. The first-order valence-corrected chi connectivity index (χ1v) is 9.88. The minimum Gasteiger partial charge on any atom is -0.494 e. The third-order valence-electron chi connectivity index (χ3n) is 5.70. The highest BCUT2D eigenvalue weighted by Gasteiger charge is 2.34. The van der Waals surface area contributed by atoms with Gasteiger partial charge in [-0.2, -0.15) is 0 Å². The number of aromatic nitrogens is 1. The van der Waals surface area contributed by atoms with Gasteiger partial charge in [-0.3, -0.25) is 14.8 Å². The van der Waals surface area contributed by atoms with Gasteiger partial charge >= 0.3 is 0 Å². The lowest BCUT2D eigenvalue weighted by atomic mass is 9.94. The summed E-state index contributed by atoms with van der Waals surface area (Å²) in [6.07, 6.45) is 6.48. The molecule has 0 aliphatic carbocycles. The van der Waals surface area contributed by atoms with Gasteiger partial charge in [0.1, 0.15) is 5.75 Å². The van der Waals surface area contributed by atoms with E-state index < -0.39 is 0 Å². The predicted molar refractivity (Wildman–Crippen MR) is 104 cm³/mol. The van der Waals surface area contributed by atoms with Gasteiger partial charge in [-0.15, -0.1) is 0 Å². The van der Waals surface area contributed by atoms with Crippen LogP contribution in [0.3, 0.4) is 0 Å². The summed E-state index contributed by atoms with van der Waals surface area (Å²) in [6, 6.07) is 13.4.